The molecule has 0 bridgehead atoms. The van der Waals surface area contributed by atoms with Crippen LogP contribution in [0.15, 0.2) is 78.9 Å². The Kier molecular flexibility index (Phi) is 6.03. The van der Waals surface area contributed by atoms with E-state index in [1.165, 1.54) is 0 Å². The maximum absolute atomic E-state index is 12.9. The number of amides is 1. The van der Waals surface area contributed by atoms with Gasteiger partial charge in [0.05, 0.1) is 25.3 Å². The third kappa shape index (κ3) is 4.78. The van der Waals surface area contributed by atoms with Gasteiger partial charge in [-0.1, -0.05) is 54.6 Å². The Hall–Kier alpha value is -4.00. The quantitative estimate of drug-likeness (QED) is 0.502. The second-order valence-corrected chi connectivity index (χ2v) is 7.17. The Balaban J connectivity index is 1.52. The number of nitrogens with zero attached hydrogens (tertiary/aromatic N) is 4. The van der Waals surface area contributed by atoms with Gasteiger partial charge in [0, 0.05) is 0 Å². The van der Waals surface area contributed by atoms with Crippen LogP contribution in [0.25, 0.3) is 5.69 Å². The monoisotopic (exact) mass is 413 g/mol. The summed E-state index contributed by atoms with van der Waals surface area (Å²) in [6.07, 6.45) is 0.266. The molecule has 0 fully saturated rings. The minimum atomic E-state index is -0.271. The summed E-state index contributed by atoms with van der Waals surface area (Å²) in [7, 11) is 1.63. The molecule has 0 aliphatic carbocycles. The molecule has 1 N–H and O–H groups in total. The molecule has 0 spiro atoms. The third-order valence-electron chi connectivity index (χ3n) is 5.04. The lowest BCUT2D eigenvalue weighted by molar-refractivity contribution is -0.120. The first kappa shape index (κ1) is 20.3. The summed E-state index contributed by atoms with van der Waals surface area (Å²) >= 11 is 0. The number of aryl methyl sites for hydroxylation is 1. The standard InChI is InChI=1S/C24H23N5O2/c1-17-26-27-28-29(17)21-13-11-18(12-14-21)15-23(30)25-24(19-7-4-3-5-8-19)20-9-6-10-22(16-20)31-2/h3-14,16,24H,15H2,1-2H3,(H,25,30). The topological polar surface area (TPSA) is 81.9 Å². The lowest BCUT2D eigenvalue weighted by Crippen LogP contribution is -2.30. The summed E-state index contributed by atoms with van der Waals surface area (Å²) in [6, 6.07) is 25.0. The Morgan fingerprint density at radius 1 is 1.00 bits per heavy atom. The number of ether oxygens (including phenoxy) is 1. The van der Waals surface area contributed by atoms with Gasteiger partial charge in [-0.15, -0.1) is 5.10 Å². The van der Waals surface area contributed by atoms with Crippen molar-refractivity contribution in [1.82, 2.24) is 25.5 Å². The van der Waals surface area contributed by atoms with Crippen LogP contribution in [0.1, 0.15) is 28.6 Å². The number of methoxy groups -OCH3 is 1. The van der Waals surface area contributed by atoms with Crippen molar-refractivity contribution in [3.8, 4) is 11.4 Å². The van der Waals surface area contributed by atoms with E-state index in [1.807, 2.05) is 85.8 Å². The molecule has 31 heavy (non-hydrogen) atoms. The first-order valence-electron chi connectivity index (χ1n) is 9.96. The summed E-state index contributed by atoms with van der Waals surface area (Å²) in [5.41, 5.74) is 3.73. The Morgan fingerprint density at radius 3 is 2.42 bits per heavy atom. The van der Waals surface area contributed by atoms with Gasteiger partial charge in [-0.05, 0) is 58.3 Å². The summed E-state index contributed by atoms with van der Waals surface area (Å²) in [6.45, 7) is 1.84. The number of carbonyl (C=O) groups is 1. The summed E-state index contributed by atoms with van der Waals surface area (Å²) in [4.78, 5) is 12.9. The minimum Gasteiger partial charge on any atom is -0.497 e. The van der Waals surface area contributed by atoms with Crippen LogP contribution in [-0.2, 0) is 11.2 Å². The minimum absolute atomic E-state index is 0.0666. The fraction of sp³-hybridized carbons (Fsp3) is 0.167. The number of hydrogen-bond donors (Lipinski definition) is 1. The largest absolute Gasteiger partial charge is 0.497 e. The van der Waals surface area contributed by atoms with E-state index in [2.05, 4.69) is 20.8 Å². The molecule has 1 atom stereocenters. The molecular weight excluding hydrogens is 390 g/mol. The summed E-state index contributed by atoms with van der Waals surface area (Å²) in [5, 5.41) is 14.7. The number of nitrogens with one attached hydrogen (secondary N) is 1. The van der Waals surface area contributed by atoms with Crippen LogP contribution >= 0.6 is 0 Å². The number of benzene rings is 3. The molecule has 1 heterocycles. The molecule has 3 aromatic carbocycles. The number of tetrazole rings is 1. The van der Waals surface area contributed by atoms with Gasteiger partial charge in [0.2, 0.25) is 5.91 Å². The van der Waals surface area contributed by atoms with Crippen molar-refractivity contribution in [2.75, 3.05) is 7.11 Å². The van der Waals surface area contributed by atoms with Gasteiger partial charge in [0.1, 0.15) is 5.75 Å². The highest BCUT2D eigenvalue weighted by Gasteiger charge is 2.18. The van der Waals surface area contributed by atoms with Crippen LogP contribution in [0.3, 0.4) is 0 Å². The lowest BCUT2D eigenvalue weighted by Gasteiger charge is -2.20. The van der Waals surface area contributed by atoms with Gasteiger partial charge < -0.3 is 10.1 Å². The van der Waals surface area contributed by atoms with E-state index in [0.717, 1.165) is 28.1 Å². The van der Waals surface area contributed by atoms with E-state index in [-0.39, 0.29) is 18.4 Å². The molecule has 0 saturated carbocycles. The van der Waals surface area contributed by atoms with E-state index in [4.69, 9.17) is 4.74 Å². The first-order chi connectivity index (χ1) is 15.1. The maximum atomic E-state index is 12.9. The predicted octanol–water partition coefficient (Wildman–Crippen LogP) is 3.43. The molecule has 4 rings (SSSR count). The molecule has 0 saturated heterocycles. The van der Waals surface area contributed by atoms with E-state index in [1.54, 1.807) is 11.8 Å². The normalized spacial score (nSPS) is 11.7. The van der Waals surface area contributed by atoms with Crippen LogP contribution in [0.4, 0.5) is 0 Å². The van der Waals surface area contributed by atoms with Crippen molar-refractivity contribution >= 4 is 5.91 Å². The van der Waals surface area contributed by atoms with Crippen molar-refractivity contribution in [1.29, 1.82) is 0 Å². The van der Waals surface area contributed by atoms with Crippen molar-refractivity contribution in [3.05, 3.63) is 101 Å². The molecule has 7 nitrogen and oxygen atoms in total. The molecular formula is C24H23N5O2. The van der Waals surface area contributed by atoms with Crippen LogP contribution in [0.5, 0.6) is 5.75 Å². The van der Waals surface area contributed by atoms with Gasteiger partial charge in [-0.25, -0.2) is 0 Å². The zero-order valence-electron chi connectivity index (χ0n) is 17.4. The number of hydrogen-bond acceptors (Lipinski definition) is 5. The maximum Gasteiger partial charge on any atom is 0.225 e. The SMILES string of the molecule is COc1cccc(C(NC(=O)Cc2ccc(-n3nnnc3C)cc2)c2ccccc2)c1. The van der Waals surface area contributed by atoms with Crippen LogP contribution in [0.2, 0.25) is 0 Å². The van der Waals surface area contributed by atoms with Gasteiger partial charge in [0.25, 0.3) is 0 Å². The van der Waals surface area contributed by atoms with E-state index >= 15 is 0 Å². The van der Waals surface area contributed by atoms with Gasteiger partial charge >= 0.3 is 0 Å². The molecule has 0 aliphatic heterocycles. The average Bonchev–Trinajstić information content (AvgIpc) is 3.24. The molecule has 1 amide bonds. The summed E-state index contributed by atoms with van der Waals surface area (Å²) < 4.78 is 7.01. The molecule has 156 valence electrons. The number of carbonyl (C=O) groups excluding carboxylic acids is 1. The van der Waals surface area contributed by atoms with Crippen LogP contribution < -0.4 is 10.1 Å². The third-order valence-corrected chi connectivity index (χ3v) is 5.04. The predicted molar refractivity (Wildman–Crippen MR) is 117 cm³/mol. The van der Waals surface area contributed by atoms with Crippen molar-refractivity contribution in [2.45, 2.75) is 19.4 Å². The van der Waals surface area contributed by atoms with E-state index in [0.29, 0.717) is 5.82 Å². The van der Waals surface area contributed by atoms with Gasteiger partial charge in [-0.2, -0.15) is 4.68 Å². The highest BCUT2D eigenvalue weighted by molar-refractivity contribution is 5.79. The molecule has 7 heteroatoms. The second-order valence-electron chi connectivity index (χ2n) is 7.17. The van der Waals surface area contributed by atoms with Crippen molar-refractivity contribution in [2.24, 2.45) is 0 Å². The number of aromatic nitrogens is 4. The van der Waals surface area contributed by atoms with Crippen LogP contribution in [-0.4, -0.2) is 33.2 Å². The van der Waals surface area contributed by atoms with Crippen LogP contribution in [0, 0.1) is 6.92 Å². The van der Waals surface area contributed by atoms with Crippen molar-refractivity contribution < 1.29 is 9.53 Å². The zero-order valence-corrected chi connectivity index (χ0v) is 17.4. The number of rotatable bonds is 7. The molecule has 0 aliphatic rings. The molecule has 1 aromatic heterocycles. The highest BCUT2D eigenvalue weighted by Crippen LogP contribution is 2.25. The molecule has 4 aromatic rings. The summed E-state index contributed by atoms with van der Waals surface area (Å²) in [5.74, 6) is 1.39. The lowest BCUT2D eigenvalue weighted by atomic mass is 9.98. The van der Waals surface area contributed by atoms with Gasteiger partial charge in [0.15, 0.2) is 5.82 Å². The molecule has 0 radical (unpaired) electrons. The second kappa shape index (κ2) is 9.21. The van der Waals surface area contributed by atoms with E-state index < -0.39 is 0 Å². The molecule has 1 unspecified atom stereocenters. The smallest absolute Gasteiger partial charge is 0.225 e. The Labute approximate surface area is 180 Å². The van der Waals surface area contributed by atoms with Gasteiger partial charge in [-0.3, -0.25) is 4.79 Å². The first-order valence-corrected chi connectivity index (χ1v) is 9.96. The average molecular weight is 413 g/mol. The fourth-order valence-electron chi connectivity index (χ4n) is 3.45. The van der Waals surface area contributed by atoms with Crippen molar-refractivity contribution in [3.63, 3.8) is 0 Å². The highest BCUT2D eigenvalue weighted by atomic mass is 16.5. The van der Waals surface area contributed by atoms with E-state index in [9.17, 15) is 4.79 Å². The fourth-order valence-corrected chi connectivity index (χ4v) is 3.45. The zero-order chi connectivity index (χ0) is 21.6. The Bertz CT molecular complexity index is 1160. The Morgan fingerprint density at radius 2 is 1.74 bits per heavy atom.